The molecule has 0 spiro atoms. The number of H-pyrrole nitrogens is 1. The summed E-state index contributed by atoms with van der Waals surface area (Å²) in [6.07, 6.45) is 3.06. The fourth-order valence-corrected chi connectivity index (χ4v) is 2.91. The predicted octanol–water partition coefficient (Wildman–Crippen LogP) is 3.36. The van der Waals surface area contributed by atoms with Crippen molar-refractivity contribution in [1.29, 1.82) is 0 Å². The van der Waals surface area contributed by atoms with E-state index in [2.05, 4.69) is 20.4 Å². The van der Waals surface area contributed by atoms with Crippen LogP contribution in [0.5, 0.6) is 5.75 Å². The summed E-state index contributed by atoms with van der Waals surface area (Å²) in [5.74, 6) is 0.0712. The van der Waals surface area contributed by atoms with Gasteiger partial charge in [0.15, 0.2) is 0 Å². The maximum atomic E-state index is 14.3. The number of aromatic amines is 1. The molecule has 0 radical (unpaired) electrons. The molecular weight excluding hydrogens is 349 g/mol. The maximum absolute atomic E-state index is 14.3. The molecule has 0 atom stereocenters. The number of hydrogen-bond donors (Lipinski definition) is 2. The van der Waals surface area contributed by atoms with Crippen LogP contribution in [0.3, 0.4) is 0 Å². The summed E-state index contributed by atoms with van der Waals surface area (Å²) in [6, 6.07) is 9.93. The molecule has 0 aliphatic carbocycles. The molecule has 0 unspecified atom stereocenters. The number of amides is 1. The first kappa shape index (κ1) is 16.8. The Bertz CT molecular complexity index is 1150. The summed E-state index contributed by atoms with van der Waals surface area (Å²) < 4.78 is 21.2. The van der Waals surface area contributed by atoms with Crippen molar-refractivity contribution in [3.8, 4) is 16.9 Å². The molecule has 1 amide bonds. The van der Waals surface area contributed by atoms with Crippen LogP contribution in [0.15, 0.2) is 48.8 Å². The zero-order chi connectivity index (χ0) is 19.0. The van der Waals surface area contributed by atoms with E-state index < -0.39 is 0 Å². The van der Waals surface area contributed by atoms with Crippen molar-refractivity contribution >= 4 is 22.9 Å². The lowest BCUT2D eigenvalue weighted by atomic mass is 10.0. The van der Waals surface area contributed by atoms with E-state index in [0.717, 1.165) is 0 Å². The number of halogens is 1. The average molecular weight is 365 g/mol. The number of carbonyl (C=O) groups is 1. The Morgan fingerprint density at radius 2 is 2.04 bits per heavy atom. The van der Waals surface area contributed by atoms with E-state index >= 15 is 0 Å². The Hall–Kier alpha value is -3.68. The SMILES string of the molecule is COc1ccc(-c2ccccc2F)c2nc(NC(=O)c3cnn(C)c3)[nH]c12. The number of nitrogens with one attached hydrogen (secondary N) is 2. The smallest absolute Gasteiger partial charge is 0.261 e. The van der Waals surface area contributed by atoms with Gasteiger partial charge < -0.3 is 9.72 Å². The maximum Gasteiger partial charge on any atom is 0.261 e. The molecule has 2 aromatic heterocycles. The van der Waals surface area contributed by atoms with E-state index in [4.69, 9.17) is 4.74 Å². The highest BCUT2D eigenvalue weighted by Gasteiger charge is 2.17. The molecule has 2 N–H and O–H groups in total. The van der Waals surface area contributed by atoms with Gasteiger partial charge in [-0.1, -0.05) is 18.2 Å². The molecule has 136 valence electrons. The minimum atomic E-state index is -0.354. The third-order valence-corrected chi connectivity index (χ3v) is 4.19. The second kappa shape index (κ2) is 6.56. The first-order valence-electron chi connectivity index (χ1n) is 8.18. The molecule has 0 fully saturated rings. The van der Waals surface area contributed by atoms with Crippen molar-refractivity contribution in [3.63, 3.8) is 0 Å². The minimum absolute atomic E-state index is 0.237. The van der Waals surface area contributed by atoms with Crippen molar-refractivity contribution in [2.75, 3.05) is 12.4 Å². The first-order valence-corrected chi connectivity index (χ1v) is 8.18. The Labute approximate surface area is 153 Å². The summed E-state index contributed by atoms with van der Waals surface area (Å²) in [5, 5.41) is 6.67. The van der Waals surface area contributed by atoms with Crippen molar-refractivity contribution in [2.24, 2.45) is 7.05 Å². The Morgan fingerprint density at radius 1 is 1.22 bits per heavy atom. The summed E-state index contributed by atoms with van der Waals surface area (Å²) in [5.41, 5.74) is 2.49. The lowest BCUT2D eigenvalue weighted by Gasteiger charge is -2.07. The third-order valence-electron chi connectivity index (χ3n) is 4.19. The lowest BCUT2D eigenvalue weighted by molar-refractivity contribution is 0.102. The van der Waals surface area contributed by atoms with Gasteiger partial charge in [-0.15, -0.1) is 0 Å². The minimum Gasteiger partial charge on any atom is -0.494 e. The van der Waals surface area contributed by atoms with Gasteiger partial charge >= 0.3 is 0 Å². The van der Waals surface area contributed by atoms with Crippen molar-refractivity contribution < 1.29 is 13.9 Å². The number of rotatable bonds is 4. The van der Waals surface area contributed by atoms with Crippen LogP contribution >= 0.6 is 0 Å². The topological polar surface area (TPSA) is 84.8 Å². The van der Waals surface area contributed by atoms with E-state index in [9.17, 15) is 9.18 Å². The summed E-state index contributed by atoms with van der Waals surface area (Å²) in [6.45, 7) is 0. The van der Waals surface area contributed by atoms with Gasteiger partial charge in [-0.25, -0.2) is 9.37 Å². The first-order chi connectivity index (χ1) is 13.1. The van der Waals surface area contributed by atoms with E-state index in [1.54, 1.807) is 43.6 Å². The van der Waals surface area contributed by atoms with Gasteiger partial charge in [0, 0.05) is 24.4 Å². The molecule has 0 aliphatic rings. The fourth-order valence-electron chi connectivity index (χ4n) is 2.91. The molecule has 0 saturated heterocycles. The number of anilines is 1. The third kappa shape index (κ3) is 3.01. The number of fused-ring (bicyclic) bond motifs is 1. The van der Waals surface area contributed by atoms with Gasteiger partial charge in [0.2, 0.25) is 5.95 Å². The second-order valence-corrected chi connectivity index (χ2v) is 5.96. The van der Waals surface area contributed by atoms with E-state index in [-0.39, 0.29) is 17.7 Å². The van der Waals surface area contributed by atoms with Gasteiger partial charge in [0.25, 0.3) is 5.91 Å². The number of ether oxygens (including phenoxy) is 1. The number of nitrogens with zero attached hydrogens (tertiary/aromatic N) is 3. The number of carbonyl (C=O) groups excluding carboxylic acids is 1. The largest absolute Gasteiger partial charge is 0.494 e. The van der Waals surface area contributed by atoms with Gasteiger partial charge in [-0.05, 0) is 18.2 Å². The number of hydrogen-bond acceptors (Lipinski definition) is 4. The molecule has 2 aromatic carbocycles. The van der Waals surface area contributed by atoms with Crippen LogP contribution in [0.1, 0.15) is 10.4 Å². The standard InChI is InChI=1S/C19H16FN5O2/c1-25-10-11(9-21-25)18(26)24-19-22-16-13(12-5-3-4-6-14(12)20)7-8-15(27-2)17(16)23-19/h3-10H,1-2H3,(H2,22,23,24,26). The summed E-state index contributed by atoms with van der Waals surface area (Å²) in [4.78, 5) is 19.8. The highest BCUT2D eigenvalue weighted by molar-refractivity contribution is 6.04. The van der Waals surface area contributed by atoms with E-state index in [1.165, 1.54) is 24.1 Å². The molecule has 8 heteroatoms. The quantitative estimate of drug-likeness (QED) is 0.581. The molecule has 0 saturated carbocycles. The van der Waals surface area contributed by atoms with Crippen LogP contribution in [0.4, 0.5) is 10.3 Å². The van der Waals surface area contributed by atoms with Crippen molar-refractivity contribution in [3.05, 3.63) is 60.2 Å². The molecular formula is C19H16FN5O2. The van der Waals surface area contributed by atoms with Crippen molar-refractivity contribution in [2.45, 2.75) is 0 Å². The number of imidazole rings is 1. The molecule has 4 rings (SSSR count). The number of benzene rings is 2. The van der Waals surface area contributed by atoms with Crippen molar-refractivity contribution in [1.82, 2.24) is 19.7 Å². The highest BCUT2D eigenvalue weighted by Crippen LogP contribution is 2.35. The zero-order valence-electron chi connectivity index (χ0n) is 14.7. The lowest BCUT2D eigenvalue weighted by Crippen LogP contribution is -2.12. The van der Waals surface area contributed by atoms with Crippen LogP contribution < -0.4 is 10.1 Å². The van der Waals surface area contributed by atoms with Gasteiger partial charge in [-0.3, -0.25) is 14.8 Å². The van der Waals surface area contributed by atoms with Crippen LogP contribution in [0.2, 0.25) is 0 Å². The van der Waals surface area contributed by atoms with Crippen LogP contribution in [-0.2, 0) is 7.05 Å². The van der Waals surface area contributed by atoms with Crippen LogP contribution in [-0.4, -0.2) is 32.8 Å². The highest BCUT2D eigenvalue weighted by atomic mass is 19.1. The van der Waals surface area contributed by atoms with Gasteiger partial charge in [0.05, 0.1) is 18.9 Å². The Morgan fingerprint density at radius 3 is 2.74 bits per heavy atom. The second-order valence-electron chi connectivity index (χ2n) is 5.96. The molecule has 2 heterocycles. The molecule has 0 bridgehead atoms. The molecule has 4 aromatic rings. The summed E-state index contributed by atoms with van der Waals surface area (Å²) >= 11 is 0. The molecule has 0 aliphatic heterocycles. The fraction of sp³-hybridized carbons (Fsp3) is 0.105. The van der Waals surface area contributed by atoms with E-state index in [0.29, 0.717) is 33.5 Å². The molecule has 7 nitrogen and oxygen atoms in total. The summed E-state index contributed by atoms with van der Waals surface area (Å²) in [7, 11) is 3.26. The van der Waals surface area contributed by atoms with Gasteiger partial charge in [-0.2, -0.15) is 5.10 Å². The van der Waals surface area contributed by atoms with Crippen LogP contribution in [0, 0.1) is 5.82 Å². The monoisotopic (exact) mass is 365 g/mol. The number of aryl methyl sites for hydroxylation is 1. The number of methoxy groups -OCH3 is 1. The zero-order valence-corrected chi connectivity index (χ0v) is 14.7. The normalized spacial score (nSPS) is 10.9. The van der Waals surface area contributed by atoms with Crippen LogP contribution in [0.25, 0.3) is 22.2 Å². The van der Waals surface area contributed by atoms with Gasteiger partial charge in [0.1, 0.15) is 22.6 Å². The molecule has 27 heavy (non-hydrogen) atoms. The average Bonchev–Trinajstić information content (AvgIpc) is 3.27. The predicted molar refractivity (Wildman–Crippen MR) is 99.2 cm³/mol. The van der Waals surface area contributed by atoms with E-state index in [1.807, 2.05) is 0 Å². The number of aromatic nitrogens is 4. The Balaban J connectivity index is 1.79. The Kier molecular flexibility index (Phi) is 4.08.